The van der Waals surface area contributed by atoms with Crippen molar-refractivity contribution in [3.8, 4) is 17.2 Å². The molecule has 0 amide bonds. The summed E-state index contributed by atoms with van der Waals surface area (Å²) in [5.41, 5.74) is 8.27. The lowest BCUT2D eigenvalue weighted by atomic mass is 9.76. The maximum absolute atomic E-state index is 5.33. The van der Waals surface area contributed by atoms with Crippen LogP contribution in [0.4, 0.5) is 0 Å². The van der Waals surface area contributed by atoms with Crippen molar-refractivity contribution in [3.63, 3.8) is 0 Å². The SMILES string of the molecule is C1=CC2c3c(n(-c4nc5c6c(cccc6n4)Sc4ccccc4-5)c4ccccc34)C=CC2c2sc3ccccc3c21. The van der Waals surface area contributed by atoms with Crippen LogP contribution in [0.15, 0.2) is 113 Å². The summed E-state index contributed by atoms with van der Waals surface area (Å²) in [5, 5.41) is 3.78. The fourth-order valence-corrected chi connectivity index (χ4v) is 9.50. The minimum Gasteiger partial charge on any atom is -0.278 e. The van der Waals surface area contributed by atoms with E-state index in [9.17, 15) is 0 Å². The average molecular weight is 560 g/mol. The van der Waals surface area contributed by atoms with Crippen LogP contribution in [0.5, 0.6) is 0 Å². The third-order valence-corrected chi connectivity index (χ3v) is 11.2. The first-order valence-corrected chi connectivity index (χ1v) is 15.6. The Kier molecular flexibility index (Phi) is 4.38. The number of hydrogen-bond acceptors (Lipinski definition) is 4. The van der Waals surface area contributed by atoms with Gasteiger partial charge in [-0.25, -0.2) is 9.97 Å². The number of allylic oxidation sites excluding steroid dienone is 2. The lowest BCUT2D eigenvalue weighted by molar-refractivity contribution is 0.735. The molecule has 0 N–H and O–H groups in total. The maximum Gasteiger partial charge on any atom is 0.235 e. The molecule has 2 unspecified atom stereocenters. The zero-order valence-corrected chi connectivity index (χ0v) is 23.4. The Labute approximate surface area is 244 Å². The van der Waals surface area contributed by atoms with Gasteiger partial charge >= 0.3 is 0 Å². The molecule has 4 aromatic carbocycles. The summed E-state index contributed by atoms with van der Waals surface area (Å²) in [6.45, 7) is 0. The molecule has 10 rings (SSSR count). The number of rotatable bonds is 1. The van der Waals surface area contributed by atoms with Gasteiger partial charge in [0.05, 0.1) is 22.4 Å². The molecule has 0 fully saturated rings. The van der Waals surface area contributed by atoms with Crippen molar-refractivity contribution in [2.24, 2.45) is 0 Å². The van der Waals surface area contributed by atoms with E-state index in [1.54, 1.807) is 0 Å². The summed E-state index contributed by atoms with van der Waals surface area (Å²) in [7, 11) is 0. The fraction of sp³-hybridized carbons (Fsp3) is 0.0556. The molecule has 3 aromatic heterocycles. The van der Waals surface area contributed by atoms with E-state index in [0.29, 0.717) is 5.92 Å². The van der Waals surface area contributed by atoms with E-state index in [1.807, 2.05) is 23.1 Å². The van der Waals surface area contributed by atoms with Crippen molar-refractivity contribution in [2.75, 3.05) is 0 Å². The molecule has 192 valence electrons. The molecule has 41 heavy (non-hydrogen) atoms. The number of aromatic nitrogens is 3. The molecule has 1 aliphatic heterocycles. The number of fused-ring (bicyclic) bond motifs is 11. The number of nitrogens with zero attached hydrogens (tertiary/aromatic N) is 3. The number of hydrogen-bond donors (Lipinski definition) is 0. The lowest BCUT2D eigenvalue weighted by Crippen LogP contribution is -2.15. The van der Waals surface area contributed by atoms with Gasteiger partial charge < -0.3 is 0 Å². The minimum absolute atomic E-state index is 0.268. The van der Waals surface area contributed by atoms with Crippen molar-refractivity contribution >= 4 is 67.1 Å². The highest BCUT2D eigenvalue weighted by Gasteiger charge is 2.36. The summed E-state index contributed by atoms with van der Waals surface area (Å²) in [5.74, 6) is 1.32. The standard InChI is InChI=1S/C36H21N3S2/c1-4-12-27-24(9-1)32-21-16-17-22-20-8-2-5-13-29(20)41-35(22)23(21)18-19-28(32)39(27)36-37-26-11-7-15-31-33(26)34(38-36)25-10-3-6-14-30(25)40-31/h1-19,21,23H. The van der Waals surface area contributed by atoms with Crippen LogP contribution < -0.4 is 0 Å². The van der Waals surface area contributed by atoms with Gasteiger partial charge in [-0.15, -0.1) is 11.3 Å². The molecule has 2 aliphatic carbocycles. The Morgan fingerprint density at radius 1 is 0.683 bits per heavy atom. The van der Waals surface area contributed by atoms with Crippen molar-refractivity contribution < 1.29 is 0 Å². The van der Waals surface area contributed by atoms with Crippen molar-refractivity contribution in [1.82, 2.24) is 14.5 Å². The first-order valence-electron chi connectivity index (χ1n) is 13.9. The third kappa shape index (κ3) is 2.95. The molecular formula is C36H21N3S2. The van der Waals surface area contributed by atoms with Crippen LogP contribution in [-0.4, -0.2) is 14.5 Å². The van der Waals surface area contributed by atoms with E-state index >= 15 is 0 Å². The Bertz CT molecular complexity index is 2320. The molecule has 0 bridgehead atoms. The van der Waals surface area contributed by atoms with E-state index in [2.05, 4.69) is 120 Å². The summed E-state index contributed by atoms with van der Waals surface area (Å²) < 4.78 is 3.65. The van der Waals surface area contributed by atoms with Crippen molar-refractivity contribution in [1.29, 1.82) is 0 Å². The van der Waals surface area contributed by atoms with Gasteiger partial charge in [-0.2, -0.15) is 0 Å². The highest BCUT2D eigenvalue weighted by Crippen LogP contribution is 2.53. The second-order valence-corrected chi connectivity index (χ2v) is 13.1. The van der Waals surface area contributed by atoms with Crippen LogP contribution in [0, 0.1) is 0 Å². The Hall–Kier alpha value is -4.45. The molecule has 0 saturated carbocycles. The third-order valence-electron chi connectivity index (χ3n) is 8.80. The molecule has 4 heterocycles. The van der Waals surface area contributed by atoms with Gasteiger partial charge in [0.1, 0.15) is 0 Å². The Morgan fingerprint density at radius 3 is 2.46 bits per heavy atom. The molecule has 5 heteroatoms. The van der Waals surface area contributed by atoms with Crippen LogP contribution in [0.3, 0.4) is 0 Å². The number of para-hydroxylation sites is 1. The van der Waals surface area contributed by atoms with Gasteiger partial charge in [0.25, 0.3) is 0 Å². The highest BCUT2D eigenvalue weighted by atomic mass is 32.2. The second-order valence-electron chi connectivity index (χ2n) is 10.9. The largest absolute Gasteiger partial charge is 0.278 e. The van der Waals surface area contributed by atoms with Gasteiger partial charge in [-0.3, -0.25) is 4.57 Å². The van der Waals surface area contributed by atoms with Crippen molar-refractivity contribution in [2.45, 2.75) is 21.6 Å². The summed E-state index contributed by atoms with van der Waals surface area (Å²) in [6, 6.07) is 32.6. The molecular weight excluding hydrogens is 539 g/mol. The van der Waals surface area contributed by atoms with E-state index in [0.717, 1.165) is 28.1 Å². The molecule has 0 saturated heterocycles. The van der Waals surface area contributed by atoms with E-state index in [-0.39, 0.29) is 5.92 Å². The second kappa shape index (κ2) is 8.06. The molecule has 3 aliphatic rings. The smallest absolute Gasteiger partial charge is 0.235 e. The summed E-state index contributed by atoms with van der Waals surface area (Å²) in [6.07, 6.45) is 9.52. The van der Waals surface area contributed by atoms with E-state index in [4.69, 9.17) is 9.97 Å². The summed E-state index contributed by atoms with van der Waals surface area (Å²) >= 11 is 3.75. The molecule has 0 radical (unpaired) electrons. The predicted molar refractivity (Wildman–Crippen MR) is 171 cm³/mol. The fourth-order valence-electron chi connectivity index (χ4n) is 7.07. The monoisotopic (exact) mass is 559 g/mol. The summed E-state index contributed by atoms with van der Waals surface area (Å²) in [4.78, 5) is 14.5. The molecule has 0 spiro atoms. The number of benzene rings is 4. The van der Waals surface area contributed by atoms with Gasteiger partial charge in [0.2, 0.25) is 5.95 Å². The van der Waals surface area contributed by atoms with E-state index < -0.39 is 0 Å². The topological polar surface area (TPSA) is 30.7 Å². The average Bonchev–Trinajstić information content (AvgIpc) is 3.57. The molecule has 2 atom stereocenters. The van der Waals surface area contributed by atoms with Crippen LogP contribution >= 0.6 is 23.1 Å². The van der Waals surface area contributed by atoms with Gasteiger partial charge in [-0.05, 0) is 52.9 Å². The van der Waals surface area contributed by atoms with Gasteiger partial charge in [0, 0.05) is 47.5 Å². The van der Waals surface area contributed by atoms with Crippen LogP contribution in [0.1, 0.15) is 33.5 Å². The van der Waals surface area contributed by atoms with Crippen LogP contribution in [0.25, 0.3) is 61.2 Å². The zero-order chi connectivity index (χ0) is 26.7. The highest BCUT2D eigenvalue weighted by molar-refractivity contribution is 7.99. The lowest BCUT2D eigenvalue weighted by Gasteiger charge is -2.29. The van der Waals surface area contributed by atoms with Gasteiger partial charge in [0.15, 0.2) is 0 Å². The normalized spacial score (nSPS) is 18.0. The Balaban J connectivity index is 1.24. The number of thiophene rings is 1. The zero-order valence-electron chi connectivity index (χ0n) is 21.8. The molecule has 3 nitrogen and oxygen atoms in total. The maximum atomic E-state index is 5.33. The first kappa shape index (κ1) is 22.3. The van der Waals surface area contributed by atoms with Crippen molar-refractivity contribution in [3.05, 3.63) is 125 Å². The van der Waals surface area contributed by atoms with Crippen LogP contribution in [-0.2, 0) is 0 Å². The predicted octanol–water partition coefficient (Wildman–Crippen LogP) is 9.84. The quantitative estimate of drug-likeness (QED) is 0.201. The minimum atomic E-state index is 0.268. The first-order chi connectivity index (χ1) is 20.3. The van der Waals surface area contributed by atoms with E-state index in [1.165, 1.54) is 52.5 Å². The Morgan fingerprint density at radius 2 is 1.49 bits per heavy atom. The van der Waals surface area contributed by atoms with Crippen LogP contribution in [0.2, 0.25) is 0 Å². The molecule has 7 aromatic rings. The van der Waals surface area contributed by atoms with Gasteiger partial charge in [-0.1, -0.05) is 90.7 Å².